The molecular weight excluding hydrogens is 234 g/mol. The van der Waals surface area contributed by atoms with E-state index in [4.69, 9.17) is 0 Å². The normalized spacial score (nSPS) is 18.6. The zero-order valence-electron chi connectivity index (χ0n) is 11.0. The van der Waals surface area contributed by atoms with Crippen molar-refractivity contribution in [3.63, 3.8) is 0 Å². The Morgan fingerprint density at radius 3 is 2.37 bits per heavy atom. The third-order valence-corrected chi connectivity index (χ3v) is 4.31. The largest absolute Gasteiger partial charge is 0.387 e. The van der Waals surface area contributed by atoms with E-state index in [1.807, 2.05) is 24.3 Å². The fourth-order valence-electron chi connectivity index (χ4n) is 3.05. The van der Waals surface area contributed by atoms with Crippen molar-refractivity contribution in [2.75, 3.05) is 0 Å². The Hall–Kier alpha value is -1.67. The summed E-state index contributed by atoms with van der Waals surface area (Å²) in [5.74, 6) is 0. The average molecular weight is 253 g/mol. The standard InChI is InChI=1S/C17H19NO/c19-16(15-9-4-5-12-18-15)13-17(10-6-11-17)14-7-2-1-3-8-14/h1-5,7-9,12,16,19H,6,10-11,13H2/t16-/m1/s1. The molecule has 0 saturated heterocycles. The van der Waals surface area contributed by atoms with Gasteiger partial charge in [0, 0.05) is 6.20 Å². The van der Waals surface area contributed by atoms with E-state index in [1.54, 1.807) is 6.20 Å². The molecule has 0 aliphatic heterocycles. The summed E-state index contributed by atoms with van der Waals surface area (Å²) in [5, 5.41) is 10.4. The first-order valence-corrected chi connectivity index (χ1v) is 6.95. The van der Waals surface area contributed by atoms with E-state index in [9.17, 15) is 5.11 Å². The molecule has 0 bridgehead atoms. The molecule has 2 aromatic rings. The van der Waals surface area contributed by atoms with Crippen molar-refractivity contribution in [1.82, 2.24) is 4.98 Å². The molecule has 1 aliphatic carbocycles. The number of aliphatic hydroxyl groups is 1. The number of rotatable bonds is 4. The number of aliphatic hydroxyl groups excluding tert-OH is 1. The minimum absolute atomic E-state index is 0.151. The predicted molar refractivity (Wildman–Crippen MR) is 75.8 cm³/mol. The van der Waals surface area contributed by atoms with Crippen molar-refractivity contribution in [2.45, 2.75) is 37.2 Å². The lowest BCUT2D eigenvalue weighted by Crippen LogP contribution is -2.36. The van der Waals surface area contributed by atoms with E-state index in [2.05, 4.69) is 29.2 Å². The van der Waals surface area contributed by atoms with Crippen LogP contribution in [0, 0.1) is 0 Å². The first-order valence-electron chi connectivity index (χ1n) is 6.95. The minimum Gasteiger partial charge on any atom is -0.387 e. The van der Waals surface area contributed by atoms with Gasteiger partial charge in [-0.1, -0.05) is 42.8 Å². The SMILES string of the molecule is O[C@H](CC1(c2ccccc2)CCC1)c1ccccn1. The Balaban J connectivity index is 1.81. The Morgan fingerprint density at radius 2 is 1.79 bits per heavy atom. The molecule has 1 aromatic heterocycles. The molecule has 1 aliphatic rings. The Kier molecular flexibility index (Phi) is 3.34. The summed E-state index contributed by atoms with van der Waals surface area (Å²) in [6.45, 7) is 0. The molecule has 0 amide bonds. The smallest absolute Gasteiger partial charge is 0.0968 e. The predicted octanol–water partition coefficient (Wildman–Crippen LogP) is 3.63. The van der Waals surface area contributed by atoms with Gasteiger partial charge in [0.1, 0.15) is 0 Å². The van der Waals surface area contributed by atoms with Crippen LogP contribution in [-0.4, -0.2) is 10.1 Å². The summed E-state index contributed by atoms with van der Waals surface area (Å²) < 4.78 is 0. The third-order valence-electron chi connectivity index (χ3n) is 4.31. The molecule has 1 fully saturated rings. The molecule has 2 heteroatoms. The highest BCUT2D eigenvalue weighted by Crippen LogP contribution is 2.49. The zero-order chi connectivity index (χ0) is 13.1. The summed E-state index contributed by atoms with van der Waals surface area (Å²) in [6, 6.07) is 16.3. The number of hydrogen-bond donors (Lipinski definition) is 1. The van der Waals surface area contributed by atoms with Crippen molar-refractivity contribution in [1.29, 1.82) is 0 Å². The molecule has 1 aromatic carbocycles. The monoisotopic (exact) mass is 253 g/mol. The molecule has 1 atom stereocenters. The minimum atomic E-state index is -0.471. The van der Waals surface area contributed by atoms with Crippen LogP contribution in [0.4, 0.5) is 0 Å². The molecule has 0 unspecified atom stereocenters. The van der Waals surface area contributed by atoms with E-state index in [1.165, 1.54) is 24.8 Å². The molecule has 1 N–H and O–H groups in total. The van der Waals surface area contributed by atoms with Crippen LogP contribution >= 0.6 is 0 Å². The topological polar surface area (TPSA) is 33.1 Å². The van der Waals surface area contributed by atoms with Gasteiger partial charge in [-0.05, 0) is 42.4 Å². The van der Waals surface area contributed by atoms with Crippen molar-refractivity contribution < 1.29 is 5.11 Å². The van der Waals surface area contributed by atoms with Crippen molar-refractivity contribution in [3.8, 4) is 0 Å². The Morgan fingerprint density at radius 1 is 1.05 bits per heavy atom. The number of nitrogens with zero attached hydrogens (tertiary/aromatic N) is 1. The first kappa shape index (κ1) is 12.4. The first-order chi connectivity index (χ1) is 9.30. The van der Waals surface area contributed by atoms with Crippen LogP contribution in [0.2, 0.25) is 0 Å². The van der Waals surface area contributed by atoms with Gasteiger partial charge in [-0.15, -0.1) is 0 Å². The molecule has 0 radical (unpaired) electrons. The summed E-state index contributed by atoms with van der Waals surface area (Å²) >= 11 is 0. The second kappa shape index (κ2) is 5.14. The van der Waals surface area contributed by atoms with Gasteiger partial charge in [-0.2, -0.15) is 0 Å². The van der Waals surface area contributed by atoms with E-state index in [0.717, 1.165) is 12.1 Å². The summed E-state index contributed by atoms with van der Waals surface area (Å²) in [6.07, 6.45) is 5.63. The van der Waals surface area contributed by atoms with Crippen LogP contribution in [0.15, 0.2) is 54.7 Å². The lowest BCUT2D eigenvalue weighted by Gasteiger charge is -2.43. The van der Waals surface area contributed by atoms with Gasteiger partial charge in [0.2, 0.25) is 0 Å². The van der Waals surface area contributed by atoms with Crippen LogP contribution in [0.3, 0.4) is 0 Å². The number of benzene rings is 1. The van der Waals surface area contributed by atoms with E-state index in [0.29, 0.717) is 0 Å². The van der Waals surface area contributed by atoms with Crippen molar-refractivity contribution in [3.05, 3.63) is 66.0 Å². The van der Waals surface area contributed by atoms with Gasteiger partial charge >= 0.3 is 0 Å². The quantitative estimate of drug-likeness (QED) is 0.902. The second-order valence-corrected chi connectivity index (χ2v) is 5.47. The van der Waals surface area contributed by atoms with Crippen LogP contribution in [0.5, 0.6) is 0 Å². The molecule has 2 nitrogen and oxygen atoms in total. The highest BCUT2D eigenvalue weighted by Gasteiger charge is 2.40. The Bertz CT molecular complexity index is 519. The lowest BCUT2D eigenvalue weighted by molar-refractivity contribution is 0.0913. The summed E-state index contributed by atoms with van der Waals surface area (Å²) in [7, 11) is 0. The summed E-state index contributed by atoms with van der Waals surface area (Å²) in [5.41, 5.74) is 2.29. The molecule has 19 heavy (non-hydrogen) atoms. The third kappa shape index (κ3) is 2.41. The van der Waals surface area contributed by atoms with Crippen LogP contribution < -0.4 is 0 Å². The van der Waals surface area contributed by atoms with Gasteiger partial charge < -0.3 is 5.11 Å². The maximum Gasteiger partial charge on any atom is 0.0968 e. The van der Waals surface area contributed by atoms with E-state index < -0.39 is 6.10 Å². The van der Waals surface area contributed by atoms with E-state index in [-0.39, 0.29) is 5.41 Å². The maximum absolute atomic E-state index is 10.4. The van der Waals surface area contributed by atoms with Gasteiger partial charge in [0.25, 0.3) is 0 Å². The van der Waals surface area contributed by atoms with Crippen LogP contribution in [0.25, 0.3) is 0 Å². The number of aromatic nitrogens is 1. The number of pyridine rings is 1. The molecule has 3 rings (SSSR count). The van der Waals surface area contributed by atoms with Crippen LogP contribution in [-0.2, 0) is 5.41 Å². The fourth-order valence-corrected chi connectivity index (χ4v) is 3.05. The highest BCUT2D eigenvalue weighted by atomic mass is 16.3. The fraction of sp³-hybridized carbons (Fsp3) is 0.353. The molecule has 1 heterocycles. The number of hydrogen-bond acceptors (Lipinski definition) is 2. The van der Waals surface area contributed by atoms with Gasteiger partial charge in [0.05, 0.1) is 11.8 Å². The van der Waals surface area contributed by atoms with E-state index >= 15 is 0 Å². The molecular formula is C17H19NO. The average Bonchev–Trinajstić information content (AvgIpc) is 2.44. The second-order valence-electron chi connectivity index (χ2n) is 5.47. The van der Waals surface area contributed by atoms with Crippen molar-refractivity contribution in [2.24, 2.45) is 0 Å². The Labute approximate surface area is 114 Å². The van der Waals surface area contributed by atoms with Gasteiger partial charge in [0.15, 0.2) is 0 Å². The zero-order valence-corrected chi connectivity index (χ0v) is 11.0. The van der Waals surface area contributed by atoms with Gasteiger partial charge in [-0.3, -0.25) is 4.98 Å². The highest BCUT2D eigenvalue weighted by molar-refractivity contribution is 5.28. The van der Waals surface area contributed by atoms with Crippen molar-refractivity contribution >= 4 is 0 Å². The van der Waals surface area contributed by atoms with Gasteiger partial charge in [-0.25, -0.2) is 0 Å². The summed E-state index contributed by atoms with van der Waals surface area (Å²) in [4.78, 5) is 4.26. The molecule has 0 spiro atoms. The molecule has 1 saturated carbocycles. The maximum atomic E-state index is 10.4. The lowest BCUT2D eigenvalue weighted by atomic mass is 9.61. The molecule has 98 valence electrons. The van der Waals surface area contributed by atoms with Crippen LogP contribution in [0.1, 0.15) is 43.0 Å².